The van der Waals surface area contributed by atoms with Crippen LogP contribution in [0.5, 0.6) is 0 Å². The molecule has 178 valence electrons. The lowest BCUT2D eigenvalue weighted by Gasteiger charge is -2.24. The van der Waals surface area contributed by atoms with Gasteiger partial charge in [-0.1, -0.05) is 0 Å². The van der Waals surface area contributed by atoms with Gasteiger partial charge in [0.25, 0.3) is 0 Å². The Balaban J connectivity index is 5.07. The molecule has 16 nitrogen and oxygen atoms in total. The van der Waals surface area contributed by atoms with Gasteiger partial charge in [-0.15, -0.1) is 0 Å². The number of amides is 4. The third-order valence-corrected chi connectivity index (χ3v) is 3.78. The van der Waals surface area contributed by atoms with Crippen LogP contribution in [0.4, 0.5) is 0 Å². The Kier molecular flexibility index (Phi) is 12.9. The van der Waals surface area contributed by atoms with Gasteiger partial charge in [0.15, 0.2) is 0 Å². The summed E-state index contributed by atoms with van der Waals surface area (Å²) in [6.07, 6.45) is 0. The summed E-state index contributed by atoms with van der Waals surface area (Å²) in [4.78, 5) is 58.8. The highest BCUT2D eigenvalue weighted by Crippen LogP contribution is 1.94. The fourth-order valence-corrected chi connectivity index (χ4v) is 1.95. The van der Waals surface area contributed by atoms with Gasteiger partial charge in [0, 0.05) is 0 Å². The van der Waals surface area contributed by atoms with E-state index in [4.69, 9.17) is 21.1 Å². The smallest absolute Gasteiger partial charge is 0.328 e. The zero-order valence-corrected chi connectivity index (χ0v) is 16.2. The molecule has 12 N–H and O–H groups in total. The van der Waals surface area contributed by atoms with Crippen molar-refractivity contribution in [3.63, 3.8) is 0 Å². The van der Waals surface area contributed by atoms with Gasteiger partial charge in [-0.2, -0.15) is 0 Å². The monoisotopic (exact) mass is 453 g/mol. The molecule has 0 rings (SSSR count). The van der Waals surface area contributed by atoms with Crippen LogP contribution in [0.25, 0.3) is 0 Å². The van der Waals surface area contributed by atoms with Gasteiger partial charge in [-0.3, -0.25) is 19.2 Å². The van der Waals surface area contributed by atoms with Crippen molar-refractivity contribution in [2.45, 2.75) is 30.2 Å². The number of hydrogen-bond acceptors (Lipinski definition) is 11. The minimum atomic E-state index is -1.70. The van der Waals surface area contributed by atoms with Crippen LogP contribution in [0, 0.1) is 0 Å². The molecule has 0 fully saturated rings. The molecule has 0 unspecified atom stereocenters. The number of carboxylic acid groups (broad SMARTS) is 1. The van der Waals surface area contributed by atoms with Crippen LogP contribution in [0.15, 0.2) is 0 Å². The van der Waals surface area contributed by atoms with Crippen molar-refractivity contribution in [3.8, 4) is 0 Å². The van der Waals surface area contributed by atoms with E-state index in [9.17, 15) is 39.3 Å². The van der Waals surface area contributed by atoms with E-state index in [2.05, 4.69) is 0 Å². The third-order valence-electron chi connectivity index (χ3n) is 3.78. The lowest BCUT2D eigenvalue weighted by atomic mass is 10.2. The minimum absolute atomic E-state index is 0.739. The topological polar surface area (TPSA) is 281 Å². The summed E-state index contributed by atoms with van der Waals surface area (Å²) >= 11 is 0. The largest absolute Gasteiger partial charge is 0.480 e. The maximum absolute atomic E-state index is 12.2. The average molecular weight is 453 g/mol. The summed E-state index contributed by atoms with van der Waals surface area (Å²) < 4.78 is 0. The molecular formula is C15H27N5O11. The van der Waals surface area contributed by atoms with Gasteiger partial charge in [0.2, 0.25) is 23.6 Å². The van der Waals surface area contributed by atoms with Gasteiger partial charge >= 0.3 is 5.97 Å². The molecule has 0 saturated carbocycles. The summed E-state index contributed by atoms with van der Waals surface area (Å²) in [5, 5.41) is 62.2. The van der Waals surface area contributed by atoms with Crippen molar-refractivity contribution in [1.29, 1.82) is 0 Å². The van der Waals surface area contributed by atoms with Crippen molar-refractivity contribution >= 4 is 29.6 Å². The number of hydrogen-bond donors (Lipinski definition) is 11. The molecule has 0 spiro atoms. The molecule has 31 heavy (non-hydrogen) atoms. The van der Waals surface area contributed by atoms with Crippen LogP contribution in [0.2, 0.25) is 0 Å². The van der Waals surface area contributed by atoms with Crippen LogP contribution in [0.1, 0.15) is 0 Å². The predicted octanol–water partition coefficient (Wildman–Crippen LogP) is -7.70. The molecule has 0 radical (unpaired) electrons. The predicted molar refractivity (Wildman–Crippen MR) is 98.8 cm³/mol. The Hall–Kier alpha value is -2.89. The van der Waals surface area contributed by atoms with Crippen molar-refractivity contribution in [2.24, 2.45) is 5.73 Å². The van der Waals surface area contributed by atoms with Gasteiger partial charge in [-0.05, 0) is 0 Å². The van der Waals surface area contributed by atoms with Crippen molar-refractivity contribution in [3.05, 3.63) is 0 Å². The first-order chi connectivity index (χ1) is 14.6. The molecule has 0 bridgehead atoms. The van der Waals surface area contributed by atoms with E-state index >= 15 is 0 Å². The van der Waals surface area contributed by atoms with Crippen LogP contribution in [0.3, 0.4) is 0 Å². The molecule has 0 aromatic carbocycles. The number of carbonyl (C=O) groups is 5. The highest BCUT2D eigenvalue weighted by atomic mass is 16.4. The fraction of sp³-hybridized carbons (Fsp3) is 0.667. The average Bonchev–Trinajstić information content (AvgIpc) is 2.75. The normalized spacial score (nSPS) is 15.5. The number of carbonyl (C=O) groups excluding carboxylic acids is 4. The van der Waals surface area contributed by atoms with Crippen molar-refractivity contribution in [1.82, 2.24) is 21.3 Å². The first-order valence-corrected chi connectivity index (χ1v) is 8.80. The van der Waals surface area contributed by atoms with E-state index in [1.165, 1.54) is 0 Å². The van der Waals surface area contributed by atoms with Crippen LogP contribution in [-0.2, 0) is 24.0 Å². The number of rotatable bonds is 14. The Morgan fingerprint density at radius 3 is 1.10 bits per heavy atom. The minimum Gasteiger partial charge on any atom is -0.480 e. The van der Waals surface area contributed by atoms with Gasteiger partial charge in [0.1, 0.15) is 30.2 Å². The number of nitrogens with one attached hydrogen (secondary N) is 4. The maximum atomic E-state index is 12.2. The second-order valence-electron chi connectivity index (χ2n) is 6.10. The van der Waals surface area contributed by atoms with Gasteiger partial charge in [-0.25, -0.2) is 4.79 Å². The van der Waals surface area contributed by atoms with Crippen LogP contribution >= 0.6 is 0 Å². The van der Waals surface area contributed by atoms with Crippen LogP contribution in [-0.4, -0.2) is 123 Å². The number of aliphatic hydroxyl groups excluding tert-OH is 5. The Labute approximate surface area is 175 Å². The number of aliphatic carboxylic acids is 1. The highest BCUT2D eigenvalue weighted by Gasteiger charge is 2.30. The molecule has 5 atom stereocenters. The molecule has 0 aromatic heterocycles. The second-order valence-corrected chi connectivity index (χ2v) is 6.10. The van der Waals surface area contributed by atoms with E-state index in [0.717, 1.165) is 0 Å². The van der Waals surface area contributed by atoms with Gasteiger partial charge < -0.3 is 57.6 Å². The molecule has 0 heterocycles. The molecule has 0 aromatic rings. The zero-order chi connectivity index (χ0) is 24.1. The zero-order valence-electron chi connectivity index (χ0n) is 16.2. The van der Waals surface area contributed by atoms with Crippen molar-refractivity contribution in [2.75, 3.05) is 33.0 Å². The van der Waals surface area contributed by atoms with Crippen molar-refractivity contribution < 1.29 is 54.6 Å². The Bertz CT molecular complexity index is 647. The summed E-state index contributed by atoms with van der Waals surface area (Å²) in [6.45, 7) is -4.60. The third kappa shape index (κ3) is 9.20. The SMILES string of the molecule is N[C@@H](CO)C(=O)N[C@@H](CO)C(=O)N[C@@H](CO)C(=O)N[C@@H](CO)C(=O)N[C@@H](CO)C(=O)O. The summed E-state index contributed by atoms with van der Waals surface area (Å²) in [5.41, 5.74) is 5.26. The quantitative estimate of drug-likeness (QED) is 0.117. The Morgan fingerprint density at radius 2 is 0.839 bits per heavy atom. The molecular weight excluding hydrogens is 426 g/mol. The first kappa shape index (κ1) is 28.1. The molecule has 0 saturated heterocycles. The second kappa shape index (κ2) is 14.2. The van der Waals surface area contributed by atoms with E-state index in [1.54, 1.807) is 0 Å². The summed E-state index contributed by atoms with van der Waals surface area (Å²) in [6, 6.07) is -8.06. The van der Waals surface area contributed by atoms with E-state index in [0.29, 0.717) is 0 Å². The number of carboxylic acids is 1. The van der Waals surface area contributed by atoms with Crippen LogP contribution < -0.4 is 27.0 Å². The van der Waals surface area contributed by atoms with E-state index < -0.39 is 92.8 Å². The maximum Gasteiger partial charge on any atom is 0.328 e. The summed E-state index contributed by atoms with van der Waals surface area (Å²) in [7, 11) is 0. The highest BCUT2D eigenvalue weighted by molar-refractivity contribution is 5.95. The lowest BCUT2D eigenvalue weighted by Crippen LogP contribution is -2.60. The standard InChI is InChI=1S/C15H27N5O11/c16-6(1-21)11(26)17-7(2-22)12(27)18-8(3-23)13(28)19-9(4-24)14(29)20-10(5-25)15(30)31/h6-10,21-25H,1-5,16H2,(H,17,26)(H,18,27)(H,19,28)(H,20,29)(H,30,31)/t6-,7-,8-,9-,10-/m0/s1. The fourth-order valence-electron chi connectivity index (χ4n) is 1.95. The molecule has 0 aliphatic heterocycles. The molecule has 16 heteroatoms. The first-order valence-electron chi connectivity index (χ1n) is 8.80. The molecule has 0 aliphatic rings. The molecule has 0 aliphatic carbocycles. The number of nitrogens with two attached hydrogens (primary N) is 1. The van der Waals surface area contributed by atoms with Gasteiger partial charge in [0.05, 0.1) is 33.0 Å². The Morgan fingerprint density at radius 1 is 0.548 bits per heavy atom. The van der Waals surface area contributed by atoms with E-state index in [1.807, 2.05) is 21.3 Å². The molecule has 4 amide bonds. The van der Waals surface area contributed by atoms with E-state index in [-0.39, 0.29) is 0 Å². The number of aliphatic hydroxyl groups is 5. The summed E-state index contributed by atoms with van der Waals surface area (Å²) in [5.74, 6) is -6.01. The lowest BCUT2D eigenvalue weighted by molar-refractivity contribution is -0.143.